The van der Waals surface area contributed by atoms with Gasteiger partial charge in [-0.2, -0.15) is 0 Å². The van der Waals surface area contributed by atoms with Crippen LogP contribution in [0.1, 0.15) is 16.1 Å². The third-order valence-electron chi connectivity index (χ3n) is 3.89. The topological polar surface area (TPSA) is 60.5 Å². The molecule has 1 amide bonds. The Labute approximate surface area is 156 Å². The van der Waals surface area contributed by atoms with Crippen molar-refractivity contribution in [2.75, 3.05) is 20.8 Å². The van der Waals surface area contributed by atoms with Crippen molar-refractivity contribution in [3.63, 3.8) is 0 Å². The molecule has 0 aliphatic heterocycles. The summed E-state index contributed by atoms with van der Waals surface area (Å²) in [5.74, 6) is 0.751. The van der Waals surface area contributed by atoms with Crippen LogP contribution in [0.4, 0.5) is 0 Å². The molecular weight excluding hydrogens is 348 g/mol. The third kappa shape index (κ3) is 4.03. The summed E-state index contributed by atoms with van der Waals surface area (Å²) >= 11 is 1.61. The van der Waals surface area contributed by atoms with Crippen LogP contribution in [-0.4, -0.2) is 31.7 Å². The molecule has 1 aromatic heterocycles. The summed E-state index contributed by atoms with van der Waals surface area (Å²) in [6.45, 7) is 0.484. The Morgan fingerprint density at radius 3 is 2.38 bits per heavy atom. The first-order chi connectivity index (χ1) is 12.7. The number of amides is 1. The highest BCUT2D eigenvalue weighted by Gasteiger charge is 2.17. The van der Waals surface area contributed by atoms with Crippen LogP contribution in [0.2, 0.25) is 0 Å². The maximum absolute atomic E-state index is 12.5. The van der Waals surface area contributed by atoms with E-state index < -0.39 is 0 Å². The molecule has 134 valence electrons. The van der Waals surface area contributed by atoms with Crippen LogP contribution in [0.15, 0.2) is 53.9 Å². The van der Waals surface area contributed by atoms with E-state index in [4.69, 9.17) is 9.47 Å². The standard InChI is InChI=1S/C20H20N2O3S/c1-24-16-9-6-10-17(25-2)18(16)19(23)21-12-11-15-13-26-20(22-15)14-7-4-3-5-8-14/h3-10,13H,11-12H2,1-2H3,(H,21,23). The van der Waals surface area contributed by atoms with E-state index in [1.807, 2.05) is 35.7 Å². The van der Waals surface area contributed by atoms with Gasteiger partial charge in [0.25, 0.3) is 5.91 Å². The fourth-order valence-corrected chi connectivity index (χ4v) is 3.46. The smallest absolute Gasteiger partial charge is 0.258 e. The summed E-state index contributed by atoms with van der Waals surface area (Å²) in [6, 6.07) is 15.3. The molecular formula is C20H20N2O3S. The van der Waals surface area contributed by atoms with Crippen molar-refractivity contribution >= 4 is 17.2 Å². The number of hydrogen-bond acceptors (Lipinski definition) is 5. The molecule has 1 N–H and O–H groups in total. The Morgan fingerprint density at radius 1 is 1.04 bits per heavy atom. The van der Waals surface area contributed by atoms with Gasteiger partial charge in [-0.25, -0.2) is 4.98 Å². The van der Waals surface area contributed by atoms with Crippen molar-refractivity contribution in [1.29, 1.82) is 0 Å². The molecule has 3 rings (SSSR count). The number of ether oxygens (including phenoxy) is 2. The van der Waals surface area contributed by atoms with Crippen molar-refractivity contribution in [3.05, 3.63) is 65.2 Å². The van der Waals surface area contributed by atoms with Gasteiger partial charge in [0.15, 0.2) is 0 Å². The van der Waals surface area contributed by atoms with Crippen LogP contribution in [0.25, 0.3) is 10.6 Å². The molecule has 3 aromatic rings. The average Bonchev–Trinajstić information content (AvgIpc) is 3.16. The molecule has 1 heterocycles. The number of benzene rings is 2. The number of nitrogens with zero attached hydrogens (tertiary/aromatic N) is 1. The normalized spacial score (nSPS) is 10.4. The van der Waals surface area contributed by atoms with Gasteiger partial charge in [-0.05, 0) is 12.1 Å². The minimum absolute atomic E-state index is 0.224. The molecule has 6 heteroatoms. The number of thiazole rings is 1. The quantitative estimate of drug-likeness (QED) is 0.689. The predicted octanol–water partition coefficient (Wildman–Crippen LogP) is 3.80. The van der Waals surface area contributed by atoms with Crippen molar-refractivity contribution in [2.45, 2.75) is 6.42 Å². The summed E-state index contributed by atoms with van der Waals surface area (Å²) in [6.07, 6.45) is 0.659. The van der Waals surface area contributed by atoms with Crippen LogP contribution in [0.5, 0.6) is 11.5 Å². The van der Waals surface area contributed by atoms with Gasteiger partial charge < -0.3 is 14.8 Å². The van der Waals surface area contributed by atoms with Gasteiger partial charge in [-0.1, -0.05) is 36.4 Å². The number of carbonyl (C=O) groups excluding carboxylic acids is 1. The number of aromatic nitrogens is 1. The summed E-state index contributed by atoms with van der Waals surface area (Å²) < 4.78 is 10.5. The predicted molar refractivity (Wildman–Crippen MR) is 103 cm³/mol. The van der Waals surface area contributed by atoms with E-state index in [2.05, 4.69) is 10.3 Å². The second-order valence-electron chi connectivity index (χ2n) is 5.55. The van der Waals surface area contributed by atoms with Gasteiger partial charge in [0, 0.05) is 23.9 Å². The second kappa shape index (κ2) is 8.49. The zero-order chi connectivity index (χ0) is 18.4. The summed E-state index contributed by atoms with van der Waals surface area (Å²) in [4.78, 5) is 17.2. The highest BCUT2D eigenvalue weighted by molar-refractivity contribution is 7.13. The minimum Gasteiger partial charge on any atom is -0.496 e. The fraction of sp³-hybridized carbons (Fsp3) is 0.200. The summed E-state index contributed by atoms with van der Waals surface area (Å²) in [7, 11) is 3.07. The van der Waals surface area contributed by atoms with E-state index in [0.29, 0.717) is 30.0 Å². The Balaban J connectivity index is 1.62. The number of carbonyl (C=O) groups is 1. The molecule has 0 saturated heterocycles. The average molecular weight is 368 g/mol. The van der Waals surface area contributed by atoms with Gasteiger partial charge >= 0.3 is 0 Å². The third-order valence-corrected chi connectivity index (χ3v) is 4.83. The molecule has 0 saturated carbocycles. The zero-order valence-corrected chi connectivity index (χ0v) is 15.5. The highest BCUT2D eigenvalue weighted by Crippen LogP contribution is 2.28. The first kappa shape index (κ1) is 17.9. The molecule has 2 aromatic carbocycles. The molecule has 0 unspecified atom stereocenters. The molecule has 5 nitrogen and oxygen atoms in total. The van der Waals surface area contributed by atoms with Crippen LogP contribution in [-0.2, 0) is 6.42 Å². The molecule has 0 aliphatic rings. The first-order valence-corrected chi connectivity index (χ1v) is 9.10. The minimum atomic E-state index is -0.224. The molecule has 0 aliphatic carbocycles. The van der Waals surface area contributed by atoms with E-state index in [1.165, 1.54) is 14.2 Å². The van der Waals surface area contributed by atoms with E-state index in [-0.39, 0.29) is 5.91 Å². The Kier molecular flexibility index (Phi) is 5.86. The zero-order valence-electron chi connectivity index (χ0n) is 14.7. The Hall–Kier alpha value is -2.86. The van der Waals surface area contributed by atoms with Crippen LogP contribution in [0, 0.1) is 0 Å². The lowest BCUT2D eigenvalue weighted by molar-refractivity contribution is 0.0948. The molecule has 0 fully saturated rings. The number of methoxy groups -OCH3 is 2. The lowest BCUT2D eigenvalue weighted by Gasteiger charge is -2.12. The Morgan fingerprint density at radius 2 is 1.73 bits per heavy atom. The molecule has 0 radical (unpaired) electrons. The molecule has 0 spiro atoms. The van der Waals surface area contributed by atoms with Gasteiger partial charge in [-0.3, -0.25) is 4.79 Å². The van der Waals surface area contributed by atoms with Gasteiger partial charge in [0.1, 0.15) is 22.1 Å². The molecule has 0 bridgehead atoms. The summed E-state index contributed by atoms with van der Waals surface area (Å²) in [5.41, 5.74) is 2.47. The number of nitrogens with one attached hydrogen (secondary N) is 1. The molecule has 0 atom stereocenters. The van der Waals surface area contributed by atoms with Crippen molar-refractivity contribution in [3.8, 4) is 22.1 Å². The molecule has 26 heavy (non-hydrogen) atoms. The summed E-state index contributed by atoms with van der Waals surface area (Å²) in [5, 5.41) is 5.92. The number of hydrogen-bond donors (Lipinski definition) is 1. The Bertz CT molecular complexity index is 856. The maximum Gasteiger partial charge on any atom is 0.258 e. The monoisotopic (exact) mass is 368 g/mol. The SMILES string of the molecule is COc1cccc(OC)c1C(=O)NCCc1csc(-c2ccccc2)n1. The van der Waals surface area contributed by atoms with E-state index in [1.54, 1.807) is 29.5 Å². The van der Waals surface area contributed by atoms with Crippen LogP contribution >= 0.6 is 11.3 Å². The van der Waals surface area contributed by atoms with Crippen LogP contribution in [0.3, 0.4) is 0 Å². The van der Waals surface area contributed by atoms with Crippen molar-refractivity contribution in [1.82, 2.24) is 10.3 Å². The maximum atomic E-state index is 12.5. The van der Waals surface area contributed by atoms with Crippen molar-refractivity contribution < 1.29 is 14.3 Å². The largest absolute Gasteiger partial charge is 0.496 e. The highest BCUT2D eigenvalue weighted by atomic mass is 32.1. The second-order valence-corrected chi connectivity index (χ2v) is 6.41. The fourth-order valence-electron chi connectivity index (χ4n) is 2.60. The lowest BCUT2D eigenvalue weighted by Crippen LogP contribution is -2.26. The van der Waals surface area contributed by atoms with Gasteiger partial charge in [0.05, 0.1) is 19.9 Å². The van der Waals surface area contributed by atoms with Gasteiger partial charge in [-0.15, -0.1) is 11.3 Å². The van der Waals surface area contributed by atoms with Gasteiger partial charge in [0.2, 0.25) is 0 Å². The lowest BCUT2D eigenvalue weighted by atomic mass is 10.1. The van der Waals surface area contributed by atoms with E-state index in [9.17, 15) is 4.79 Å². The van der Waals surface area contributed by atoms with E-state index >= 15 is 0 Å². The van der Waals surface area contributed by atoms with Crippen LogP contribution < -0.4 is 14.8 Å². The van der Waals surface area contributed by atoms with E-state index in [0.717, 1.165) is 16.3 Å². The van der Waals surface area contributed by atoms with Crippen molar-refractivity contribution in [2.24, 2.45) is 0 Å². The first-order valence-electron chi connectivity index (χ1n) is 8.22. The number of rotatable bonds is 7.